The van der Waals surface area contributed by atoms with E-state index in [0.717, 1.165) is 5.52 Å². The summed E-state index contributed by atoms with van der Waals surface area (Å²) in [5.41, 5.74) is 2.73. The second kappa shape index (κ2) is 4.21. The molecule has 19 heavy (non-hydrogen) atoms. The van der Waals surface area contributed by atoms with Gasteiger partial charge in [-0.25, -0.2) is 9.37 Å². The monoisotopic (exact) mass is 251 g/mol. The van der Waals surface area contributed by atoms with Gasteiger partial charge in [0.05, 0.1) is 11.1 Å². The number of hydrogen-bond donors (Lipinski definition) is 0. The second-order valence-electron chi connectivity index (χ2n) is 4.29. The van der Waals surface area contributed by atoms with Crippen molar-refractivity contribution in [1.82, 2.24) is 9.55 Å². The van der Waals surface area contributed by atoms with E-state index in [-0.39, 0.29) is 5.82 Å². The summed E-state index contributed by atoms with van der Waals surface area (Å²) in [4.78, 5) is 4.47. The van der Waals surface area contributed by atoms with Gasteiger partial charge in [-0.15, -0.1) is 0 Å². The largest absolute Gasteiger partial charge is 0.327 e. The predicted molar refractivity (Wildman–Crippen MR) is 70.8 cm³/mol. The quantitative estimate of drug-likeness (QED) is 0.666. The van der Waals surface area contributed by atoms with Crippen LogP contribution in [0, 0.1) is 17.1 Å². The minimum Gasteiger partial charge on any atom is -0.327 e. The van der Waals surface area contributed by atoms with Crippen molar-refractivity contribution in [3.05, 3.63) is 53.8 Å². The molecule has 3 rings (SSSR count). The zero-order valence-corrected chi connectivity index (χ0v) is 10.3. The highest BCUT2D eigenvalue weighted by Crippen LogP contribution is 2.25. The Morgan fingerprint density at radius 1 is 1.21 bits per heavy atom. The highest BCUT2D eigenvalue weighted by molar-refractivity contribution is 5.85. The van der Waals surface area contributed by atoms with E-state index in [4.69, 9.17) is 5.26 Å². The van der Waals surface area contributed by atoms with Crippen molar-refractivity contribution in [3.63, 3.8) is 0 Å². The van der Waals surface area contributed by atoms with Gasteiger partial charge < -0.3 is 4.57 Å². The van der Waals surface area contributed by atoms with Gasteiger partial charge in [0.1, 0.15) is 23.2 Å². The van der Waals surface area contributed by atoms with Gasteiger partial charge in [0, 0.05) is 12.6 Å². The second-order valence-corrected chi connectivity index (χ2v) is 4.29. The van der Waals surface area contributed by atoms with Gasteiger partial charge >= 0.3 is 0 Å². The molecule has 0 bridgehead atoms. The lowest BCUT2D eigenvalue weighted by atomic mass is 10.2. The Morgan fingerprint density at radius 3 is 2.74 bits per heavy atom. The number of imidazole rings is 1. The number of nitriles is 1. The molecule has 0 amide bonds. The highest BCUT2D eigenvalue weighted by Gasteiger charge is 2.12. The summed E-state index contributed by atoms with van der Waals surface area (Å²) in [6, 6.07) is 13.8. The van der Waals surface area contributed by atoms with Gasteiger partial charge in [0.2, 0.25) is 0 Å². The fourth-order valence-corrected chi connectivity index (χ4v) is 2.19. The van der Waals surface area contributed by atoms with Crippen molar-refractivity contribution in [2.75, 3.05) is 0 Å². The maximum absolute atomic E-state index is 13.3. The molecule has 0 spiro atoms. The first-order chi connectivity index (χ1) is 9.20. The summed E-state index contributed by atoms with van der Waals surface area (Å²) in [5.74, 6) is 0.349. The fraction of sp³-hybridized carbons (Fsp3) is 0.0667. The van der Waals surface area contributed by atoms with Gasteiger partial charge in [-0.1, -0.05) is 18.2 Å². The summed E-state index contributed by atoms with van der Waals surface area (Å²) >= 11 is 0. The van der Waals surface area contributed by atoms with Crippen molar-refractivity contribution in [1.29, 1.82) is 5.26 Å². The van der Waals surface area contributed by atoms with Crippen LogP contribution < -0.4 is 0 Å². The topological polar surface area (TPSA) is 41.6 Å². The van der Waals surface area contributed by atoms with Crippen LogP contribution in [-0.4, -0.2) is 9.55 Å². The molecule has 0 N–H and O–H groups in total. The van der Waals surface area contributed by atoms with Crippen LogP contribution in [0.3, 0.4) is 0 Å². The number of nitrogens with zero attached hydrogens (tertiary/aromatic N) is 3. The fourth-order valence-electron chi connectivity index (χ4n) is 2.19. The molecular weight excluding hydrogens is 241 g/mol. The summed E-state index contributed by atoms with van der Waals surface area (Å²) in [6.07, 6.45) is 0. The Kier molecular flexibility index (Phi) is 2.53. The van der Waals surface area contributed by atoms with Crippen LogP contribution in [0.1, 0.15) is 5.56 Å². The van der Waals surface area contributed by atoms with Crippen LogP contribution in [0.5, 0.6) is 0 Å². The van der Waals surface area contributed by atoms with Gasteiger partial charge in [0.15, 0.2) is 0 Å². The van der Waals surface area contributed by atoms with E-state index in [1.165, 1.54) is 12.1 Å². The van der Waals surface area contributed by atoms with E-state index >= 15 is 0 Å². The van der Waals surface area contributed by atoms with E-state index < -0.39 is 0 Å². The third kappa shape index (κ3) is 1.76. The van der Waals surface area contributed by atoms with E-state index in [1.807, 2.05) is 23.7 Å². The molecule has 2 aromatic carbocycles. The Labute approximate surface area is 109 Å². The molecule has 0 atom stereocenters. The van der Waals surface area contributed by atoms with Crippen LogP contribution in [-0.2, 0) is 7.05 Å². The number of rotatable bonds is 1. The van der Waals surface area contributed by atoms with Crippen LogP contribution in [0.4, 0.5) is 4.39 Å². The van der Waals surface area contributed by atoms with E-state index in [9.17, 15) is 4.39 Å². The molecule has 0 aliphatic heterocycles. The zero-order valence-electron chi connectivity index (χ0n) is 10.3. The first-order valence-corrected chi connectivity index (χ1v) is 5.82. The molecule has 0 fully saturated rings. The smallest absolute Gasteiger partial charge is 0.141 e. The first-order valence-electron chi connectivity index (χ1n) is 5.82. The third-order valence-corrected chi connectivity index (χ3v) is 3.11. The zero-order chi connectivity index (χ0) is 13.4. The molecule has 4 heteroatoms. The van der Waals surface area contributed by atoms with Crippen LogP contribution in [0.25, 0.3) is 22.4 Å². The van der Waals surface area contributed by atoms with E-state index in [0.29, 0.717) is 22.5 Å². The summed E-state index contributed by atoms with van der Waals surface area (Å²) in [6.45, 7) is 0. The minimum absolute atomic E-state index is 0.301. The van der Waals surface area contributed by atoms with Crippen molar-refractivity contribution in [3.8, 4) is 17.5 Å². The van der Waals surface area contributed by atoms with Crippen LogP contribution in [0.15, 0.2) is 42.5 Å². The Morgan fingerprint density at radius 2 is 2.00 bits per heavy atom. The van der Waals surface area contributed by atoms with Crippen molar-refractivity contribution < 1.29 is 4.39 Å². The molecule has 0 radical (unpaired) electrons. The predicted octanol–water partition coefficient (Wildman–Crippen LogP) is 3.25. The number of para-hydroxylation sites is 1. The number of aromatic nitrogens is 2. The van der Waals surface area contributed by atoms with Crippen molar-refractivity contribution >= 4 is 11.0 Å². The van der Waals surface area contributed by atoms with Crippen LogP contribution >= 0.6 is 0 Å². The average Bonchev–Trinajstić information content (AvgIpc) is 2.76. The Bertz CT molecular complexity index is 812. The van der Waals surface area contributed by atoms with Gasteiger partial charge in [-0.05, 0) is 24.3 Å². The number of benzene rings is 2. The SMILES string of the molecule is Cn1c(-c2cccc(F)c2)nc2c(C#N)cccc21. The maximum Gasteiger partial charge on any atom is 0.141 e. The standard InChI is InChI=1S/C15H10FN3/c1-19-13-7-3-5-11(9-17)14(13)18-15(19)10-4-2-6-12(16)8-10/h2-8H,1H3. The minimum atomic E-state index is -0.301. The summed E-state index contributed by atoms with van der Waals surface area (Å²) < 4.78 is 15.2. The first kappa shape index (κ1) is 11.4. The summed E-state index contributed by atoms with van der Waals surface area (Å²) in [5, 5.41) is 9.09. The molecule has 3 nitrogen and oxygen atoms in total. The lowest BCUT2D eigenvalue weighted by Gasteiger charge is -2.02. The number of halogens is 1. The molecule has 0 aliphatic rings. The van der Waals surface area contributed by atoms with Gasteiger partial charge in [0.25, 0.3) is 0 Å². The maximum atomic E-state index is 13.3. The number of hydrogen-bond acceptors (Lipinski definition) is 2. The van der Waals surface area contributed by atoms with E-state index in [1.54, 1.807) is 18.2 Å². The third-order valence-electron chi connectivity index (χ3n) is 3.11. The van der Waals surface area contributed by atoms with E-state index in [2.05, 4.69) is 11.1 Å². The average molecular weight is 251 g/mol. The number of aryl methyl sites for hydroxylation is 1. The van der Waals surface area contributed by atoms with Gasteiger partial charge in [-0.2, -0.15) is 5.26 Å². The van der Waals surface area contributed by atoms with Gasteiger partial charge in [-0.3, -0.25) is 0 Å². The molecule has 1 aromatic heterocycles. The van der Waals surface area contributed by atoms with Crippen LogP contribution in [0.2, 0.25) is 0 Å². The number of fused-ring (bicyclic) bond motifs is 1. The molecule has 0 saturated heterocycles. The molecular formula is C15H10FN3. The Balaban J connectivity index is 2.32. The molecule has 0 aliphatic carbocycles. The van der Waals surface area contributed by atoms with Crippen molar-refractivity contribution in [2.24, 2.45) is 7.05 Å². The highest BCUT2D eigenvalue weighted by atomic mass is 19.1. The molecule has 3 aromatic rings. The molecule has 0 saturated carbocycles. The molecule has 0 unspecified atom stereocenters. The Hall–Kier alpha value is -2.67. The molecule has 92 valence electrons. The van der Waals surface area contributed by atoms with Crippen molar-refractivity contribution in [2.45, 2.75) is 0 Å². The lowest BCUT2D eigenvalue weighted by Crippen LogP contribution is -1.92. The summed E-state index contributed by atoms with van der Waals surface area (Å²) in [7, 11) is 1.86. The normalized spacial score (nSPS) is 10.6. The molecule has 1 heterocycles. The lowest BCUT2D eigenvalue weighted by molar-refractivity contribution is 0.628.